The summed E-state index contributed by atoms with van der Waals surface area (Å²) >= 11 is 12.3. The second kappa shape index (κ2) is 10.1. The first-order valence-electron chi connectivity index (χ1n) is 11.4. The first-order valence-corrected chi connectivity index (χ1v) is 12.2. The second-order valence-electron chi connectivity index (χ2n) is 8.73. The topological polar surface area (TPSA) is 120 Å². The lowest BCUT2D eigenvalue weighted by Crippen LogP contribution is -2.43. The monoisotopic (exact) mass is 573 g/mol. The zero-order valence-corrected chi connectivity index (χ0v) is 21.9. The minimum absolute atomic E-state index is 0.123. The molecular weight excluding hydrogens is 555 g/mol. The predicted molar refractivity (Wildman–Crippen MR) is 143 cm³/mol. The fourth-order valence-electron chi connectivity index (χ4n) is 4.09. The van der Waals surface area contributed by atoms with E-state index in [4.69, 9.17) is 23.2 Å². The van der Waals surface area contributed by atoms with Crippen LogP contribution in [0, 0.1) is 18.6 Å². The number of H-pyrrole nitrogens is 1. The molecule has 2 aromatic carbocycles. The summed E-state index contributed by atoms with van der Waals surface area (Å²) in [5, 5.41) is 2.66. The molecule has 14 heteroatoms. The quantitative estimate of drug-likeness (QED) is 0.299. The number of halogens is 4. The van der Waals surface area contributed by atoms with Crippen LogP contribution in [-0.4, -0.2) is 28.7 Å². The molecule has 0 radical (unpaired) electrons. The fraction of sp³-hybridized carbons (Fsp3) is 0.160. The smallest absolute Gasteiger partial charge is 0.331 e. The highest BCUT2D eigenvalue weighted by atomic mass is 35.5. The van der Waals surface area contributed by atoms with Gasteiger partial charge in [0.2, 0.25) is 5.95 Å². The number of aryl methyl sites for hydroxylation is 2. The van der Waals surface area contributed by atoms with Gasteiger partial charge in [0.15, 0.2) is 11.6 Å². The van der Waals surface area contributed by atoms with Crippen molar-refractivity contribution in [2.75, 3.05) is 5.32 Å². The summed E-state index contributed by atoms with van der Waals surface area (Å²) in [6.07, 6.45) is 1.41. The van der Waals surface area contributed by atoms with Crippen LogP contribution in [0.4, 0.5) is 20.4 Å². The van der Waals surface area contributed by atoms with E-state index in [2.05, 4.69) is 20.3 Å². The summed E-state index contributed by atoms with van der Waals surface area (Å²) in [6, 6.07) is 8.34. The standard InChI is InChI=1S/C25H19Cl2F2N7O3/c1-12-31-19-8-15(26)18(9-20(19)34(12)2)32-23-33-24(38)36(11-14-4-3-5-30-22(14)37)25(39)35(23)10-13-6-16(27)21(29)17(28)7-13/h3-9H,10-11H2,1-2H3,(H,30,37)(H,32,33,38). The molecule has 5 rings (SSSR count). The zero-order chi connectivity index (χ0) is 28.0. The molecular formula is C25H19Cl2F2N7O3. The predicted octanol–water partition coefficient (Wildman–Crippen LogP) is 3.71. The Labute approximate surface area is 228 Å². The van der Waals surface area contributed by atoms with Gasteiger partial charge in [0, 0.05) is 18.8 Å². The van der Waals surface area contributed by atoms with Crippen LogP contribution in [0.2, 0.25) is 10.0 Å². The lowest BCUT2D eigenvalue weighted by atomic mass is 10.2. The summed E-state index contributed by atoms with van der Waals surface area (Å²) < 4.78 is 31.5. The number of hydrogen-bond donors (Lipinski definition) is 2. The van der Waals surface area contributed by atoms with Crippen LogP contribution >= 0.6 is 23.2 Å². The fourth-order valence-corrected chi connectivity index (χ4v) is 4.52. The zero-order valence-electron chi connectivity index (χ0n) is 20.4. The Balaban J connectivity index is 1.67. The first kappa shape index (κ1) is 26.3. The van der Waals surface area contributed by atoms with E-state index in [0.717, 1.165) is 32.6 Å². The number of nitrogens with one attached hydrogen (secondary N) is 2. The van der Waals surface area contributed by atoms with Crippen molar-refractivity contribution in [3.05, 3.63) is 113 Å². The van der Waals surface area contributed by atoms with Gasteiger partial charge in [0.1, 0.15) is 5.82 Å². The molecule has 0 aliphatic rings. The van der Waals surface area contributed by atoms with Crippen molar-refractivity contribution in [2.45, 2.75) is 20.0 Å². The number of aromatic amines is 1. The Kier molecular flexibility index (Phi) is 6.83. The van der Waals surface area contributed by atoms with Gasteiger partial charge in [-0.3, -0.25) is 9.36 Å². The molecule has 0 atom stereocenters. The van der Waals surface area contributed by atoms with Gasteiger partial charge in [-0.05, 0) is 42.8 Å². The van der Waals surface area contributed by atoms with Crippen molar-refractivity contribution in [3.63, 3.8) is 0 Å². The molecule has 2 N–H and O–H groups in total. The van der Waals surface area contributed by atoms with Crippen molar-refractivity contribution in [2.24, 2.45) is 7.05 Å². The molecule has 0 unspecified atom stereocenters. The van der Waals surface area contributed by atoms with E-state index in [1.54, 1.807) is 18.2 Å². The molecule has 10 nitrogen and oxygen atoms in total. The minimum atomic E-state index is -1.23. The van der Waals surface area contributed by atoms with Crippen LogP contribution in [0.3, 0.4) is 0 Å². The molecule has 0 spiro atoms. The van der Waals surface area contributed by atoms with Crippen LogP contribution in [-0.2, 0) is 20.1 Å². The van der Waals surface area contributed by atoms with Crippen molar-refractivity contribution in [1.29, 1.82) is 0 Å². The van der Waals surface area contributed by atoms with Crippen LogP contribution in [0.25, 0.3) is 11.0 Å². The molecule has 0 amide bonds. The van der Waals surface area contributed by atoms with E-state index in [9.17, 15) is 23.2 Å². The Hall–Kier alpha value is -4.29. The van der Waals surface area contributed by atoms with Crippen molar-refractivity contribution < 1.29 is 8.78 Å². The third kappa shape index (κ3) is 4.95. The highest BCUT2D eigenvalue weighted by molar-refractivity contribution is 6.34. The van der Waals surface area contributed by atoms with Crippen molar-refractivity contribution in [1.82, 2.24) is 28.7 Å². The van der Waals surface area contributed by atoms with Gasteiger partial charge < -0.3 is 14.9 Å². The molecule has 3 heterocycles. The molecule has 0 saturated heterocycles. The summed E-state index contributed by atoms with van der Waals surface area (Å²) in [7, 11) is 1.82. The van der Waals surface area contributed by atoms with Crippen molar-refractivity contribution in [3.8, 4) is 0 Å². The second-order valence-corrected chi connectivity index (χ2v) is 9.55. The number of imidazole rings is 1. The van der Waals surface area contributed by atoms with Gasteiger partial charge in [-0.2, -0.15) is 4.98 Å². The van der Waals surface area contributed by atoms with Gasteiger partial charge >= 0.3 is 11.4 Å². The highest BCUT2D eigenvalue weighted by Gasteiger charge is 2.19. The van der Waals surface area contributed by atoms with E-state index in [1.807, 2.05) is 18.5 Å². The Morgan fingerprint density at radius 3 is 2.49 bits per heavy atom. The van der Waals surface area contributed by atoms with Gasteiger partial charge in [0.25, 0.3) is 5.56 Å². The Morgan fingerprint density at radius 2 is 1.77 bits per heavy atom. The molecule has 39 heavy (non-hydrogen) atoms. The van der Waals surface area contributed by atoms with E-state index >= 15 is 0 Å². The van der Waals surface area contributed by atoms with E-state index in [0.29, 0.717) is 11.2 Å². The Bertz CT molecular complexity index is 1920. The number of hydrogen-bond acceptors (Lipinski definition) is 6. The van der Waals surface area contributed by atoms with Gasteiger partial charge in [-0.15, -0.1) is 0 Å². The normalized spacial score (nSPS) is 11.3. The average molecular weight is 574 g/mol. The third-order valence-electron chi connectivity index (χ3n) is 6.20. The van der Waals surface area contributed by atoms with Gasteiger partial charge in [-0.25, -0.2) is 27.9 Å². The summed E-state index contributed by atoms with van der Waals surface area (Å²) in [5.41, 5.74) is -0.370. The maximum Gasteiger partial charge on any atom is 0.355 e. The lowest BCUT2D eigenvalue weighted by molar-refractivity contribution is 0.505. The largest absolute Gasteiger partial charge is 0.355 e. The maximum atomic E-state index is 14.1. The summed E-state index contributed by atoms with van der Waals surface area (Å²) in [6.45, 7) is 1.10. The average Bonchev–Trinajstić information content (AvgIpc) is 3.15. The molecule has 0 fully saturated rings. The minimum Gasteiger partial charge on any atom is -0.331 e. The number of aromatic nitrogens is 6. The SMILES string of the molecule is Cc1nc2cc(Cl)c(Nc3nc(=O)n(Cc4ccc[nH]c4=O)c(=O)n3Cc3cc(F)c(F)c(Cl)c3)cc2n1C. The molecule has 3 aromatic heterocycles. The van der Waals surface area contributed by atoms with E-state index in [1.165, 1.54) is 12.3 Å². The van der Waals surface area contributed by atoms with Crippen molar-refractivity contribution >= 4 is 45.9 Å². The summed E-state index contributed by atoms with van der Waals surface area (Å²) in [4.78, 5) is 49.7. The first-order chi connectivity index (χ1) is 18.5. The molecule has 0 aliphatic carbocycles. The number of benzene rings is 2. The molecule has 5 aromatic rings. The van der Waals surface area contributed by atoms with E-state index < -0.39 is 33.6 Å². The third-order valence-corrected chi connectivity index (χ3v) is 6.79. The Morgan fingerprint density at radius 1 is 1.00 bits per heavy atom. The molecule has 200 valence electrons. The lowest BCUT2D eigenvalue weighted by Gasteiger charge is -2.17. The van der Waals surface area contributed by atoms with Crippen LogP contribution < -0.4 is 22.3 Å². The number of fused-ring (bicyclic) bond motifs is 1. The maximum absolute atomic E-state index is 14.1. The number of pyridine rings is 1. The number of anilines is 2. The molecule has 0 aliphatic heterocycles. The van der Waals surface area contributed by atoms with Gasteiger partial charge in [-0.1, -0.05) is 29.3 Å². The van der Waals surface area contributed by atoms with E-state index in [-0.39, 0.29) is 35.2 Å². The van der Waals surface area contributed by atoms with Crippen LogP contribution in [0.1, 0.15) is 17.0 Å². The number of nitrogens with zero attached hydrogens (tertiary/aromatic N) is 5. The number of rotatable bonds is 6. The van der Waals surface area contributed by atoms with Gasteiger partial charge in [0.05, 0.1) is 39.9 Å². The highest BCUT2D eigenvalue weighted by Crippen LogP contribution is 2.30. The van der Waals surface area contributed by atoms with Crippen LogP contribution in [0.15, 0.2) is 57.0 Å². The molecule has 0 saturated carbocycles. The van der Waals surface area contributed by atoms with Crippen LogP contribution in [0.5, 0.6) is 0 Å². The molecule has 0 bridgehead atoms. The summed E-state index contributed by atoms with van der Waals surface area (Å²) in [5.74, 6) is -1.92.